The normalized spacial score (nSPS) is 11.4. The van der Waals surface area contributed by atoms with Gasteiger partial charge in [-0.3, -0.25) is 4.79 Å². The molecule has 1 amide bonds. The molecule has 10 heteroatoms. The van der Waals surface area contributed by atoms with E-state index in [4.69, 9.17) is 4.74 Å². The Labute approximate surface area is 185 Å². The molecule has 0 aliphatic carbocycles. The highest BCUT2D eigenvalue weighted by molar-refractivity contribution is 7.12. The second-order valence-electron chi connectivity index (χ2n) is 6.82. The van der Waals surface area contributed by atoms with Gasteiger partial charge in [0.25, 0.3) is 5.91 Å². The van der Waals surface area contributed by atoms with Crippen LogP contribution in [0.2, 0.25) is 0 Å². The molecule has 6 nitrogen and oxygen atoms in total. The molecule has 2 heterocycles. The Morgan fingerprint density at radius 2 is 1.84 bits per heavy atom. The van der Waals surface area contributed by atoms with Crippen molar-refractivity contribution in [3.8, 4) is 22.1 Å². The Morgan fingerprint density at radius 1 is 1.12 bits per heavy atom. The molecule has 0 unspecified atom stereocenters. The zero-order valence-corrected chi connectivity index (χ0v) is 17.8. The standard InChI is InChI=1S/C22H17F3N4O2S/c1-13-11-19(27-20(30)16-5-3-4-6-17(16)22(23,24)25)29(28-13)21-26-18(12-32-21)14-7-9-15(31-2)10-8-14/h3-12H,1-2H3,(H,27,30). The number of anilines is 1. The van der Waals surface area contributed by atoms with E-state index in [1.54, 1.807) is 20.1 Å². The van der Waals surface area contributed by atoms with Crippen LogP contribution in [0.25, 0.3) is 16.4 Å². The number of aryl methyl sites for hydroxylation is 1. The smallest absolute Gasteiger partial charge is 0.417 e. The van der Waals surface area contributed by atoms with Gasteiger partial charge in [-0.2, -0.15) is 23.0 Å². The van der Waals surface area contributed by atoms with E-state index in [1.807, 2.05) is 29.6 Å². The van der Waals surface area contributed by atoms with Gasteiger partial charge in [-0.15, -0.1) is 11.3 Å². The molecule has 164 valence electrons. The fraction of sp³-hybridized carbons (Fsp3) is 0.136. The summed E-state index contributed by atoms with van der Waals surface area (Å²) in [5.41, 5.74) is 0.660. The first-order valence-electron chi connectivity index (χ1n) is 9.41. The Hall–Kier alpha value is -3.66. The van der Waals surface area contributed by atoms with E-state index in [0.717, 1.165) is 23.4 Å². The molecular formula is C22H17F3N4O2S. The van der Waals surface area contributed by atoms with E-state index < -0.39 is 23.2 Å². The number of amides is 1. The predicted octanol–water partition coefficient (Wildman–Crippen LogP) is 5.58. The van der Waals surface area contributed by atoms with Crippen LogP contribution in [0.4, 0.5) is 19.0 Å². The summed E-state index contributed by atoms with van der Waals surface area (Å²) in [5, 5.41) is 9.17. The third kappa shape index (κ3) is 4.35. The van der Waals surface area contributed by atoms with Gasteiger partial charge >= 0.3 is 6.18 Å². The molecule has 0 saturated carbocycles. The van der Waals surface area contributed by atoms with E-state index in [1.165, 1.54) is 28.2 Å². The number of rotatable bonds is 5. The Balaban J connectivity index is 1.63. The summed E-state index contributed by atoms with van der Waals surface area (Å²) in [7, 11) is 1.58. The minimum Gasteiger partial charge on any atom is -0.497 e. The third-order valence-corrected chi connectivity index (χ3v) is 5.43. The third-order valence-electron chi connectivity index (χ3n) is 4.61. The van der Waals surface area contributed by atoms with Gasteiger partial charge in [0.1, 0.15) is 11.6 Å². The van der Waals surface area contributed by atoms with Gasteiger partial charge in [0.15, 0.2) is 0 Å². The van der Waals surface area contributed by atoms with Crippen molar-refractivity contribution in [2.75, 3.05) is 12.4 Å². The Morgan fingerprint density at radius 3 is 2.53 bits per heavy atom. The average Bonchev–Trinajstić information content (AvgIpc) is 3.40. The molecule has 0 bridgehead atoms. The first kappa shape index (κ1) is 21.6. The van der Waals surface area contributed by atoms with Gasteiger partial charge in [0.2, 0.25) is 5.13 Å². The summed E-state index contributed by atoms with van der Waals surface area (Å²) < 4.78 is 46.4. The van der Waals surface area contributed by atoms with Crippen molar-refractivity contribution in [1.29, 1.82) is 0 Å². The predicted molar refractivity (Wildman–Crippen MR) is 115 cm³/mol. The minimum absolute atomic E-state index is 0.222. The molecule has 2 aromatic heterocycles. The number of nitrogens with zero attached hydrogens (tertiary/aromatic N) is 3. The Bertz CT molecular complexity index is 1260. The molecule has 0 aliphatic rings. The maximum atomic E-state index is 13.3. The van der Waals surface area contributed by atoms with Crippen LogP contribution in [0.5, 0.6) is 5.75 Å². The second kappa shape index (κ2) is 8.46. The van der Waals surface area contributed by atoms with E-state index in [9.17, 15) is 18.0 Å². The van der Waals surface area contributed by atoms with Crippen molar-refractivity contribution in [2.45, 2.75) is 13.1 Å². The van der Waals surface area contributed by atoms with Crippen LogP contribution in [0.3, 0.4) is 0 Å². The van der Waals surface area contributed by atoms with Crippen LogP contribution in [0.15, 0.2) is 60.0 Å². The van der Waals surface area contributed by atoms with Crippen LogP contribution in [0.1, 0.15) is 21.6 Å². The molecule has 32 heavy (non-hydrogen) atoms. The van der Waals surface area contributed by atoms with Gasteiger partial charge in [-0.1, -0.05) is 12.1 Å². The van der Waals surface area contributed by atoms with Crippen molar-refractivity contribution in [1.82, 2.24) is 14.8 Å². The topological polar surface area (TPSA) is 69.0 Å². The van der Waals surface area contributed by atoms with E-state index >= 15 is 0 Å². The summed E-state index contributed by atoms with van der Waals surface area (Å²) in [5.74, 6) is 0.0576. The summed E-state index contributed by atoms with van der Waals surface area (Å²) in [6, 6.07) is 13.6. The molecule has 0 radical (unpaired) electrons. The lowest BCUT2D eigenvalue weighted by Gasteiger charge is -2.12. The number of benzene rings is 2. The van der Waals surface area contributed by atoms with Crippen molar-refractivity contribution in [3.05, 3.63) is 76.8 Å². The average molecular weight is 458 g/mol. The van der Waals surface area contributed by atoms with Crippen LogP contribution in [-0.4, -0.2) is 27.8 Å². The van der Waals surface area contributed by atoms with Crippen LogP contribution < -0.4 is 10.1 Å². The van der Waals surface area contributed by atoms with Gasteiger partial charge < -0.3 is 10.1 Å². The van der Waals surface area contributed by atoms with Crippen LogP contribution >= 0.6 is 11.3 Å². The Kier molecular flexibility index (Phi) is 5.70. The number of methoxy groups -OCH3 is 1. The van der Waals surface area contributed by atoms with Crippen molar-refractivity contribution in [2.24, 2.45) is 0 Å². The van der Waals surface area contributed by atoms with E-state index in [2.05, 4.69) is 15.4 Å². The lowest BCUT2D eigenvalue weighted by atomic mass is 10.1. The van der Waals surface area contributed by atoms with Crippen molar-refractivity contribution in [3.63, 3.8) is 0 Å². The fourth-order valence-corrected chi connectivity index (χ4v) is 3.90. The van der Waals surface area contributed by atoms with Gasteiger partial charge in [-0.25, -0.2) is 4.98 Å². The summed E-state index contributed by atoms with van der Waals surface area (Å²) in [6.07, 6.45) is -4.65. The van der Waals surface area contributed by atoms with Crippen molar-refractivity contribution < 1.29 is 22.7 Å². The SMILES string of the molecule is COc1ccc(-c2csc(-n3nc(C)cc3NC(=O)c3ccccc3C(F)(F)F)n2)cc1. The number of aromatic nitrogens is 3. The first-order chi connectivity index (χ1) is 15.3. The molecule has 0 aliphatic heterocycles. The lowest BCUT2D eigenvalue weighted by molar-refractivity contribution is -0.137. The number of hydrogen-bond acceptors (Lipinski definition) is 5. The fourth-order valence-electron chi connectivity index (χ4n) is 3.10. The van der Waals surface area contributed by atoms with Gasteiger partial charge in [0, 0.05) is 17.0 Å². The zero-order valence-electron chi connectivity index (χ0n) is 17.0. The second-order valence-corrected chi connectivity index (χ2v) is 7.66. The maximum Gasteiger partial charge on any atom is 0.417 e. The number of hydrogen-bond donors (Lipinski definition) is 1. The summed E-state index contributed by atoms with van der Waals surface area (Å²) in [4.78, 5) is 17.2. The molecule has 4 aromatic rings. The number of ether oxygens (including phenoxy) is 1. The number of carbonyl (C=O) groups is 1. The van der Waals surface area contributed by atoms with E-state index in [-0.39, 0.29) is 5.82 Å². The largest absolute Gasteiger partial charge is 0.497 e. The van der Waals surface area contributed by atoms with Crippen molar-refractivity contribution >= 4 is 23.1 Å². The molecule has 1 N–H and O–H groups in total. The highest BCUT2D eigenvalue weighted by Gasteiger charge is 2.35. The number of nitrogens with one attached hydrogen (secondary N) is 1. The lowest BCUT2D eigenvalue weighted by Crippen LogP contribution is -2.20. The molecule has 0 spiro atoms. The molecular weight excluding hydrogens is 441 g/mol. The maximum absolute atomic E-state index is 13.3. The number of halogens is 3. The number of carbonyl (C=O) groups excluding carboxylic acids is 1. The highest BCUT2D eigenvalue weighted by atomic mass is 32.1. The van der Waals surface area contributed by atoms with E-state index in [0.29, 0.717) is 16.5 Å². The summed E-state index contributed by atoms with van der Waals surface area (Å²) in [6.45, 7) is 1.72. The molecule has 2 aromatic carbocycles. The quantitative estimate of drug-likeness (QED) is 0.424. The molecule has 4 rings (SSSR count). The first-order valence-corrected chi connectivity index (χ1v) is 10.3. The monoisotopic (exact) mass is 458 g/mol. The van der Waals surface area contributed by atoms with Crippen LogP contribution in [0, 0.1) is 6.92 Å². The molecule has 0 saturated heterocycles. The highest BCUT2D eigenvalue weighted by Crippen LogP contribution is 2.33. The van der Waals surface area contributed by atoms with Crippen LogP contribution in [-0.2, 0) is 6.18 Å². The zero-order chi connectivity index (χ0) is 22.9. The van der Waals surface area contributed by atoms with Gasteiger partial charge in [-0.05, 0) is 43.3 Å². The summed E-state index contributed by atoms with van der Waals surface area (Å²) >= 11 is 1.29. The van der Waals surface area contributed by atoms with Gasteiger partial charge in [0.05, 0.1) is 29.6 Å². The molecule has 0 atom stereocenters. The molecule has 0 fully saturated rings. The number of alkyl halides is 3. The minimum atomic E-state index is -4.65. The number of thiazole rings is 1.